The van der Waals surface area contributed by atoms with Crippen LogP contribution in [0.25, 0.3) is 5.65 Å². The van der Waals surface area contributed by atoms with Gasteiger partial charge in [-0.2, -0.15) is 0 Å². The molecule has 2 N–H and O–H groups in total. The van der Waals surface area contributed by atoms with E-state index in [9.17, 15) is 0 Å². The molecule has 0 amide bonds. The van der Waals surface area contributed by atoms with Crippen molar-refractivity contribution in [2.24, 2.45) is 5.73 Å². The standard InChI is InChI=1S/C10H14N4/c1-7-3-4-9-12-13-10(5-8(2)11)14(9)6-7/h3-4,6,8H,5,11H2,1-2H3. The van der Waals surface area contributed by atoms with Crippen LogP contribution in [0.4, 0.5) is 0 Å². The summed E-state index contributed by atoms with van der Waals surface area (Å²) in [7, 11) is 0. The van der Waals surface area contributed by atoms with Crippen LogP contribution in [0.15, 0.2) is 18.3 Å². The first-order chi connectivity index (χ1) is 6.66. The quantitative estimate of drug-likeness (QED) is 0.766. The third-order valence-corrected chi connectivity index (χ3v) is 2.13. The second-order valence-electron chi connectivity index (χ2n) is 3.73. The van der Waals surface area contributed by atoms with Crippen molar-refractivity contribution in [2.45, 2.75) is 26.3 Å². The van der Waals surface area contributed by atoms with Crippen molar-refractivity contribution in [2.75, 3.05) is 0 Å². The highest BCUT2D eigenvalue weighted by Gasteiger charge is 2.06. The number of pyridine rings is 1. The summed E-state index contributed by atoms with van der Waals surface area (Å²) in [5.74, 6) is 0.929. The van der Waals surface area contributed by atoms with Crippen LogP contribution < -0.4 is 5.73 Å². The zero-order chi connectivity index (χ0) is 10.1. The first-order valence-corrected chi connectivity index (χ1v) is 4.72. The average molecular weight is 190 g/mol. The van der Waals surface area contributed by atoms with Crippen LogP contribution in [0.2, 0.25) is 0 Å². The molecule has 2 heterocycles. The minimum atomic E-state index is 0.114. The maximum Gasteiger partial charge on any atom is 0.160 e. The number of hydrogen-bond donors (Lipinski definition) is 1. The van der Waals surface area contributed by atoms with Gasteiger partial charge in [-0.1, -0.05) is 6.07 Å². The van der Waals surface area contributed by atoms with Crippen LogP contribution in [0.3, 0.4) is 0 Å². The molecule has 0 radical (unpaired) electrons. The third-order valence-electron chi connectivity index (χ3n) is 2.13. The SMILES string of the molecule is Cc1ccc2nnc(CC(C)N)n2c1. The zero-order valence-electron chi connectivity index (χ0n) is 8.44. The first-order valence-electron chi connectivity index (χ1n) is 4.72. The van der Waals surface area contributed by atoms with E-state index in [0.717, 1.165) is 17.9 Å². The van der Waals surface area contributed by atoms with Gasteiger partial charge in [0.1, 0.15) is 5.82 Å². The van der Waals surface area contributed by atoms with Crippen LogP contribution in [0.5, 0.6) is 0 Å². The van der Waals surface area contributed by atoms with Crippen molar-refractivity contribution in [3.8, 4) is 0 Å². The summed E-state index contributed by atoms with van der Waals surface area (Å²) in [6.45, 7) is 4.02. The molecule has 0 aromatic carbocycles. The maximum atomic E-state index is 5.73. The van der Waals surface area contributed by atoms with E-state index in [1.165, 1.54) is 5.56 Å². The molecule has 2 rings (SSSR count). The molecule has 0 aliphatic carbocycles. The molecular weight excluding hydrogens is 176 g/mol. The van der Waals surface area contributed by atoms with Gasteiger partial charge in [0, 0.05) is 18.7 Å². The molecule has 4 heteroatoms. The van der Waals surface area contributed by atoms with Gasteiger partial charge in [0.05, 0.1) is 0 Å². The van der Waals surface area contributed by atoms with Crippen molar-refractivity contribution < 1.29 is 0 Å². The van der Waals surface area contributed by atoms with Crippen LogP contribution in [-0.4, -0.2) is 20.6 Å². The average Bonchev–Trinajstić information content (AvgIpc) is 2.47. The van der Waals surface area contributed by atoms with Gasteiger partial charge in [-0.05, 0) is 25.5 Å². The predicted molar refractivity (Wildman–Crippen MR) is 55.1 cm³/mol. The molecule has 0 spiro atoms. The number of nitrogens with zero attached hydrogens (tertiary/aromatic N) is 3. The number of rotatable bonds is 2. The fraction of sp³-hybridized carbons (Fsp3) is 0.400. The molecule has 0 bridgehead atoms. The molecule has 0 saturated heterocycles. The van der Waals surface area contributed by atoms with E-state index in [4.69, 9.17) is 5.73 Å². The Bertz CT molecular complexity index is 444. The molecule has 0 aliphatic heterocycles. The minimum absolute atomic E-state index is 0.114. The van der Waals surface area contributed by atoms with Crippen LogP contribution in [0.1, 0.15) is 18.3 Å². The fourth-order valence-corrected chi connectivity index (χ4v) is 1.47. The Kier molecular flexibility index (Phi) is 2.21. The molecule has 14 heavy (non-hydrogen) atoms. The smallest absolute Gasteiger partial charge is 0.160 e. The Balaban J connectivity index is 2.50. The van der Waals surface area contributed by atoms with Crippen molar-refractivity contribution in [3.05, 3.63) is 29.7 Å². The number of hydrogen-bond acceptors (Lipinski definition) is 3. The molecule has 1 atom stereocenters. The van der Waals surface area contributed by atoms with E-state index < -0.39 is 0 Å². The number of fused-ring (bicyclic) bond motifs is 1. The number of aromatic nitrogens is 3. The summed E-state index contributed by atoms with van der Waals surface area (Å²) in [5.41, 5.74) is 7.81. The van der Waals surface area contributed by atoms with E-state index in [1.807, 2.05) is 29.7 Å². The van der Waals surface area contributed by atoms with E-state index >= 15 is 0 Å². The van der Waals surface area contributed by atoms with E-state index in [2.05, 4.69) is 17.1 Å². The summed E-state index contributed by atoms with van der Waals surface area (Å²) < 4.78 is 2.00. The van der Waals surface area contributed by atoms with Crippen molar-refractivity contribution in [1.29, 1.82) is 0 Å². The first kappa shape index (κ1) is 9.15. The Morgan fingerprint density at radius 2 is 2.21 bits per heavy atom. The van der Waals surface area contributed by atoms with Gasteiger partial charge in [0.15, 0.2) is 5.65 Å². The van der Waals surface area contributed by atoms with Gasteiger partial charge in [0.2, 0.25) is 0 Å². The highest BCUT2D eigenvalue weighted by molar-refractivity contribution is 5.39. The lowest BCUT2D eigenvalue weighted by molar-refractivity contribution is 0.694. The van der Waals surface area contributed by atoms with Crippen molar-refractivity contribution in [3.63, 3.8) is 0 Å². The molecule has 1 unspecified atom stereocenters. The highest BCUT2D eigenvalue weighted by Crippen LogP contribution is 2.07. The molecule has 0 fully saturated rings. The Morgan fingerprint density at radius 1 is 1.43 bits per heavy atom. The van der Waals surface area contributed by atoms with Crippen molar-refractivity contribution in [1.82, 2.24) is 14.6 Å². The van der Waals surface area contributed by atoms with E-state index in [1.54, 1.807) is 0 Å². The lowest BCUT2D eigenvalue weighted by Gasteiger charge is -2.03. The molecule has 0 saturated carbocycles. The second kappa shape index (κ2) is 3.38. The van der Waals surface area contributed by atoms with Gasteiger partial charge in [-0.15, -0.1) is 10.2 Å². The van der Waals surface area contributed by atoms with Crippen LogP contribution >= 0.6 is 0 Å². The van der Waals surface area contributed by atoms with Crippen molar-refractivity contribution >= 4 is 5.65 Å². The molecule has 2 aromatic rings. The van der Waals surface area contributed by atoms with Gasteiger partial charge >= 0.3 is 0 Å². The normalized spacial score (nSPS) is 13.4. The van der Waals surface area contributed by atoms with Gasteiger partial charge < -0.3 is 5.73 Å². The molecule has 4 nitrogen and oxygen atoms in total. The Labute approximate surface area is 82.8 Å². The summed E-state index contributed by atoms with van der Waals surface area (Å²) in [5, 5.41) is 8.18. The van der Waals surface area contributed by atoms with Gasteiger partial charge in [-0.25, -0.2) is 0 Å². The lowest BCUT2D eigenvalue weighted by atomic mass is 10.2. The Hall–Kier alpha value is -1.42. The van der Waals surface area contributed by atoms with Crippen LogP contribution in [0, 0.1) is 6.92 Å². The van der Waals surface area contributed by atoms with Gasteiger partial charge in [0.25, 0.3) is 0 Å². The predicted octanol–water partition coefficient (Wildman–Crippen LogP) is 0.927. The van der Waals surface area contributed by atoms with Crippen LogP contribution in [-0.2, 0) is 6.42 Å². The fourth-order valence-electron chi connectivity index (χ4n) is 1.47. The topological polar surface area (TPSA) is 56.2 Å². The highest BCUT2D eigenvalue weighted by atomic mass is 15.2. The molecule has 2 aromatic heterocycles. The largest absolute Gasteiger partial charge is 0.328 e. The molecular formula is C10H14N4. The minimum Gasteiger partial charge on any atom is -0.328 e. The number of nitrogens with two attached hydrogens (primary N) is 1. The number of aryl methyl sites for hydroxylation is 1. The maximum absolute atomic E-state index is 5.73. The molecule has 0 aliphatic rings. The monoisotopic (exact) mass is 190 g/mol. The zero-order valence-corrected chi connectivity index (χ0v) is 8.44. The lowest BCUT2D eigenvalue weighted by Crippen LogP contribution is -2.19. The molecule has 74 valence electrons. The summed E-state index contributed by atoms with van der Waals surface area (Å²) in [6.07, 6.45) is 2.79. The summed E-state index contributed by atoms with van der Waals surface area (Å²) >= 11 is 0. The van der Waals surface area contributed by atoms with Gasteiger partial charge in [-0.3, -0.25) is 4.40 Å². The second-order valence-corrected chi connectivity index (χ2v) is 3.73. The van der Waals surface area contributed by atoms with E-state index in [0.29, 0.717) is 0 Å². The summed E-state index contributed by atoms with van der Waals surface area (Å²) in [6, 6.07) is 4.11. The third kappa shape index (κ3) is 1.61. The Morgan fingerprint density at radius 3 is 2.93 bits per heavy atom. The summed E-state index contributed by atoms with van der Waals surface area (Å²) in [4.78, 5) is 0. The van der Waals surface area contributed by atoms with E-state index in [-0.39, 0.29) is 6.04 Å².